The second kappa shape index (κ2) is 3.48. The Hall–Kier alpha value is -0.860. The molecule has 1 atom stereocenters. The lowest BCUT2D eigenvalue weighted by Crippen LogP contribution is -2.28. The zero-order chi connectivity index (χ0) is 9.26. The Kier molecular flexibility index (Phi) is 2.34. The fourth-order valence-electron chi connectivity index (χ4n) is 2.04. The van der Waals surface area contributed by atoms with Crippen LogP contribution in [0.5, 0.6) is 0 Å². The number of hydrogen-bond acceptors (Lipinski definition) is 2. The lowest BCUT2D eigenvalue weighted by Gasteiger charge is -2.25. The molecule has 0 bridgehead atoms. The van der Waals surface area contributed by atoms with E-state index in [1.165, 1.54) is 11.1 Å². The van der Waals surface area contributed by atoms with Crippen LogP contribution < -0.4 is 5.32 Å². The Morgan fingerprint density at radius 2 is 2.38 bits per heavy atom. The molecule has 2 heteroatoms. The highest BCUT2D eigenvalue weighted by Gasteiger charge is 2.17. The molecule has 1 heterocycles. The molecule has 0 aliphatic carbocycles. The van der Waals surface area contributed by atoms with Crippen molar-refractivity contribution in [2.75, 3.05) is 6.54 Å². The van der Waals surface area contributed by atoms with Crippen LogP contribution in [-0.2, 0) is 13.0 Å². The fraction of sp³-hybridized carbons (Fsp3) is 0.455. The summed E-state index contributed by atoms with van der Waals surface area (Å²) in [6, 6.07) is 6.60. The number of benzene rings is 1. The molecule has 0 fully saturated rings. The zero-order valence-electron chi connectivity index (χ0n) is 7.88. The molecular formula is C11H15NO. The first-order chi connectivity index (χ1) is 6.33. The lowest BCUT2D eigenvalue weighted by atomic mass is 9.91. The van der Waals surface area contributed by atoms with Gasteiger partial charge in [-0.25, -0.2) is 0 Å². The van der Waals surface area contributed by atoms with Crippen LogP contribution in [0.15, 0.2) is 18.2 Å². The van der Waals surface area contributed by atoms with Gasteiger partial charge in [-0.3, -0.25) is 0 Å². The predicted molar refractivity (Wildman–Crippen MR) is 52.5 cm³/mol. The fourth-order valence-corrected chi connectivity index (χ4v) is 2.04. The molecule has 1 aromatic carbocycles. The van der Waals surface area contributed by atoms with Gasteiger partial charge in [-0.1, -0.05) is 18.2 Å². The molecule has 1 aliphatic heterocycles. The summed E-state index contributed by atoms with van der Waals surface area (Å²) in [7, 11) is 0. The molecule has 1 aliphatic rings. The van der Waals surface area contributed by atoms with Gasteiger partial charge >= 0.3 is 0 Å². The Morgan fingerprint density at radius 3 is 3.15 bits per heavy atom. The number of hydrogen-bond donors (Lipinski definition) is 2. The highest BCUT2D eigenvalue weighted by Crippen LogP contribution is 2.25. The van der Waals surface area contributed by atoms with Gasteiger partial charge in [0.25, 0.3) is 0 Å². The average molecular weight is 177 g/mol. The lowest BCUT2D eigenvalue weighted by molar-refractivity contribution is 0.279. The van der Waals surface area contributed by atoms with Crippen molar-refractivity contribution in [1.29, 1.82) is 0 Å². The maximum Gasteiger partial charge on any atom is 0.0684 e. The number of nitrogens with one attached hydrogen (secondary N) is 1. The number of aliphatic hydroxyl groups is 1. The molecule has 0 saturated carbocycles. The molecule has 2 nitrogen and oxygen atoms in total. The van der Waals surface area contributed by atoms with E-state index in [0.29, 0.717) is 6.04 Å². The summed E-state index contributed by atoms with van der Waals surface area (Å²) in [6.07, 6.45) is 1.04. The molecule has 0 amide bonds. The van der Waals surface area contributed by atoms with Crippen LogP contribution in [0.25, 0.3) is 0 Å². The summed E-state index contributed by atoms with van der Waals surface area (Å²) in [5, 5.41) is 12.6. The van der Waals surface area contributed by atoms with E-state index in [-0.39, 0.29) is 6.61 Å². The Balaban J connectivity index is 2.48. The number of rotatable bonds is 1. The van der Waals surface area contributed by atoms with Gasteiger partial charge in [0.15, 0.2) is 0 Å². The topological polar surface area (TPSA) is 32.3 Å². The maximum atomic E-state index is 9.16. The van der Waals surface area contributed by atoms with E-state index < -0.39 is 0 Å². The van der Waals surface area contributed by atoms with Crippen molar-refractivity contribution in [2.24, 2.45) is 0 Å². The van der Waals surface area contributed by atoms with Crippen molar-refractivity contribution >= 4 is 0 Å². The molecule has 70 valence electrons. The molecule has 0 aromatic heterocycles. The van der Waals surface area contributed by atoms with E-state index >= 15 is 0 Å². The van der Waals surface area contributed by atoms with E-state index in [1.807, 2.05) is 12.1 Å². The van der Waals surface area contributed by atoms with Gasteiger partial charge in [0.05, 0.1) is 6.61 Å². The van der Waals surface area contributed by atoms with Crippen LogP contribution in [0.1, 0.15) is 29.7 Å². The van der Waals surface area contributed by atoms with Gasteiger partial charge in [-0.05, 0) is 36.6 Å². The maximum absolute atomic E-state index is 9.16. The highest BCUT2D eigenvalue weighted by atomic mass is 16.3. The third-order valence-corrected chi connectivity index (χ3v) is 2.77. The second-order valence-electron chi connectivity index (χ2n) is 3.57. The van der Waals surface area contributed by atoms with E-state index in [2.05, 4.69) is 18.3 Å². The normalized spacial score (nSPS) is 21.2. The minimum Gasteiger partial charge on any atom is -0.392 e. The molecule has 0 radical (unpaired) electrons. The molecule has 0 saturated heterocycles. The standard InChI is InChI=1S/C11H15NO/c1-8-10-4-2-3-9(7-13)11(10)5-6-12-8/h2-4,8,12-13H,5-7H2,1H3. The van der Waals surface area contributed by atoms with Crippen LogP contribution in [0.4, 0.5) is 0 Å². The summed E-state index contributed by atoms with van der Waals surface area (Å²) in [6.45, 7) is 3.35. The largest absolute Gasteiger partial charge is 0.392 e. The molecule has 13 heavy (non-hydrogen) atoms. The van der Waals surface area contributed by atoms with Crippen molar-refractivity contribution in [3.05, 3.63) is 34.9 Å². The van der Waals surface area contributed by atoms with Crippen molar-refractivity contribution in [2.45, 2.75) is 26.0 Å². The summed E-state index contributed by atoms with van der Waals surface area (Å²) in [4.78, 5) is 0. The monoisotopic (exact) mass is 177 g/mol. The molecule has 0 spiro atoms. The quantitative estimate of drug-likeness (QED) is 0.679. The van der Waals surface area contributed by atoms with E-state index in [9.17, 15) is 0 Å². The summed E-state index contributed by atoms with van der Waals surface area (Å²) in [5.74, 6) is 0. The Morgan fingerprint density at radius 1 is 1.54 bits per heavy atom. The molecule has 2 rings (SSSR count). The average Bonchev–Trinajstić information content (AvgIpc) is 2.18. The third-order valence-electron chi connectivity index (χ3n) is 2.77. The minimum absolute atomic E-state index is 0.163. The first-order valence-electron chi connectivity index (χ1n) is 4.78. The number of aliphatic hydroxyl groups excluding tert-OH is 1. The first kappa shape index (κ1) is 8.73. The summed E-state index contributed by atoms with van der Waals surface area (Å²) < 4.78 is 0. The number of fused-ring (bicyclic) bond motifs is 1. The molecule has 1 aromatic rings. The first-order valence-corrected chi connectivity index (χ1v) is 4.78. The van der Waals surface area contributed by atoms with Crippen molar-refractivity contribution < 1.29 is 5.11 Å². The van der Waals surface area contributed by atoms with Crippen LogP contribution in [0, 0.1) is 0 Å². The van der Waals surface area contributed by atoms with Crippen LogP contribution in [0.3, 0.4) is 0 Å². The minimum atomic E-state index is 0.163. The van der Waals surface area contributed by atoms with Gasteiger partial charge in [-0.2, -0.15) is 0 Å². The Bertz CT molecular complexity index is 309. The summed E-state index contributed by atoms with van der Waals surface area (Å²) >= 11 is 0. The van der Waals surface area contributed by atoms with Gasteiger partial charge in [0.1, 0.15) is 0 Å². The van der Waals surface area contributed by atoms with Crippen molar-refractivity contribution in [3.8, 4) is 0 Å². The van der Waals surface area contributed by atoms with Gasteiger partial charge in [0, 0.05) is 6.04 Å². The van der Waals surface area contributed by atoms with E-state index in [1.54, 1.807) is 0 Å². The SMILES string of the molecule is CC1NCCc2c(CO)cccc21. The molecule has 2 N–H and O–H groups in total. The van der Waals surface area contributed by atoms with Gasteiger partial charge < -0.3 is 10.4 Å². The van der Waals surface area contributed by atoms with Crippen LogP contribution in [-0.4, -0.2) is 11.7 Å². The predicted octanol–water partition coefficient (Wildman–Crippen LogP) is 1.39. The van der Waals surface area contributed by atoms with E-state index in [4.69, 9.17) is 5.11 Å². The van der Waals surface area contributed by atoms with Crippen molar-refractivity contribution in [1.82, 2.24) is 5.32 Å². The zero-order valence-corrected chi connectivity index (χ0v) is 7.88. The second-order valence-corrected chi connectivity index (χ2v) is 3.57. The molecule has 1 unspecified atom stereocenters. The van der Waals surface area contributed by atoms with E-state index in [0.717, 1.165) is 18.5 Å². The summed E-state index contributed by atoms with van der Waals surface area (Å²) in [5.41, 5.74) is 3.78. The highest BCUT2D eigenvalue weighted by molar-refractivity contribution is 5.38. The Labute approximate surface area is 78.6 Å². The molecular weight excluding hydrogens is 162 g/mol. The van der Waals surface area contributed by atoms with Gasteiger partial charge in [0.2, 0.25) is 0 Å². The van der Waals surface area contributed by atoms with Crippen molar-refractivity contribution in [3.63, 3.8) is 0 Å². The smallest absolute Gasteiger partial charge is 0.0684 e. The van der Waals surface area contributed by atoms with Crippen LogP contribution in [0.2, 0.25) is 0 Å². The third kappa shape index (κ3) is 1.47. The van der Waals surface area contributed by atoms with Gasteiger partial charge in [-0.15, -0.1) is 0 Å². The van der Waals surface area contributed by atoms with Crippen LogP contribution >= 0.6 is 0 Å².